The van der Waals surface area contributed by atoms with Crippen molar-refractivity contribution >= 4 is 11.4 Å². The second-order valence-corrected chi connectivity index (χ2v) is 5.07. The Balaban J connectivity index is 2.37. The van der Waals surface area contributed by atoms with Gasteiger partial charge in [-0.25, -0.2) is 0 Å². The highest BCUT2D eigenvalue weighted by Gasteiger charge is 2.38. The maximum Gasteiger partial charge on any atom is 0.407 e. The van der Waals surface area contributed by atoms with Crippen LogP contribution >= 0.6 is 0 Å². The SMILES string of the molecule is N[C@@H](c1ccc(N2CCCCC2)c([N+](=O)[O-])c1)C(F)(F)F. The van der Waals surface area contributed by atoms with Gasteiger partial charge in [-0.3, -0.25) is 10.1 Å². The fraction of sp³-hybridized carbons (Fsp3) is 0.538. The monoisotopic (exact) mass is 303 g/mol. The van der Waals surface area contributed by atoms with Gasteiger partial charge in [0.15, 0.2) is 0 Å². The molecule has 1 heterocycles. The molecule has 5 nitrogen and oxygen atoms in total. The smallest absolute Gasteiger partial charge is 0.366 e. The number of benzene rings is 1. The number of rotatable bonds is 3. The molecule has 21 heavy (non-hydrogen) atoms. The number of nitrogens with two attached hydrogens (primary N) is 1. The Morgan fingerprint density at radius 2 is 1.86 bits per heavy atom. The maximum absolute atomic E-state index is 12.6. The Morgan fingerprint density at radius 3 is 2.38 bits per heavy atom. The lowest BCUT2D eigenvalue weighted by Crippen LogP contribution is -2.31. The van der Waals surface area contributed by atoms with Crippen LogP contribution in [-0.2, 0) is 0 Å². The lowest BCUT2D eigenvalue weighted by Gasteiger charge is -2.28. The Labute approximate surface area is 119 Å². The molecule has 0 amide bonds. The summed E-state index contributed by atoms with van der Waals surface area (Å²) < 4.78 is 37.9. The molecule has 0 bridgehead atoms. The van der Waals surface area contributed by atoms with Gasteiger partial charge in [0.05, 0.1) is 4.92 Å². The summed E-state index contributed by atoms with van der Waals surface area (Å²) in [5.74, 6) is 0. The van der Waals surface area contributed by atoms with Gasteiger partial charge in [-0.15, -0.1) is 0 Å². The number of hydrogen-bond acceptors (Lipinski definition) is 4. The standard InChI is InChI=1S/C13H16F3N3O2/c14-13(15,16)12(17)9-4-5-10(11(8-9)19(20)21)18-6-2-1-3-7-18/h4-5,8,12H,1-3,6-7,17H2/t12-/m0/s1. The van der Waals surface area contributed by atoms with Crippen molar-refractivity contribution in [3.8, 4) is 0 Å². The third-order valence-corrected chi connectivity index (χ3v) is 3.60. The van der Waals surface area contributed by atoms with Crippen molar-refractivity contribution in [1.29, 1.82) is 0 Å². The van der Waals surface area contributed by atoms with Crippen molar-refractivity contribution in [2.45, 2.75) is 31.5 Å². The molecule has 2 N–H and O–H groups in total. The molecule has 0 aliphatic carbocycles. The van der Waals surface area contributed by atoms with Crippen LogP contribution in [0.25, 0.3) is 0 Å². The van der Waals surface area contributed by atoms with Crippen LogP contribution in [0.4, 0.5) is 24.5 Å². The summed E-state index contributed by atoms with van der Waals surface area (Å²) >= 11 is 0. The first-order valence-electron chi connectivity index (χ1n) is 6.66. The minimum atomic E-state index is -4.62. The molecule has 0 radical (unpaired) electrons. The summed E-state index contributed by atoms with van der Waals surface area (Å²) in [6, 6.07) is 1.30. The van der Waals surface area contributed by atoms with Crippen molar-refractivity contribution in [3.05, 3.63) is 33.9 Å². The van der Waals surface area contributed by atoms with Crippen LogP contribution in [0, 0.1) is 10.1 Å². The topological polar surface area (TPSA) is 72.4 Å². The van der Waals surface area contributed by atoms with Gasteiger partial charge in [-0.2, -0.15) is 13.2 Å². The first-order chi connectivity index (χ1) is 9.80. The minimum Gasteiger partial charge on any atom is -0.366 e. The van der Waals surface area contributed by atoms with Crippen molar-refractivity contribution in [1.82, 2.24) is 0 Å². The molecule has 8 heteroatoms. The van der Waals surface area contributed by atoms with Crippen LogP contribution in [0.2, 0.25) is 0 Å². The average Bonchev–Trinajstić information content (AvgIpc) is 2.45. The summed E-state index contributed by atoms with van der Waals surface area (Å²) in [6.45, 7) is 1.34. The van der Waals surface area contributed by atoms with E-state index < -0.39 is 17.1 Å². The molecule has 1 saturated heterocycles. The van der Waals surface area contributed by atoms with Gasteiger partial charge < -0.3 is 10.6 Å². The zero-order valence-electron chi connectivity index (χ0n) is 11.3. The van der Waals surface area contributed by atoms with Crippen molar-refractivity contribution in [2.75, 3.05) is 18.0 Å². The van der Waals surface area contributed by atoms with Gasteiger partial charge in [0.2, 0.25) is 0 Å². The largest absolute Gasteiger partial charge is 0.407 e. The summed E-state index contributed by atoms with van der Waals surface area (Å²) in [5, 5.41) is 11.1. The van der Waals surface area contributed by atoms with E-state index in [2.05, 4.69) is 0 Å². The fourth-order valence-electron chi connectivity index (χ4n) is 2.47. The van der Waals surface area contributed by atoms with Gasteiger partial charge in [0.1, 0.15) is 11.7 Å². The van der Waals surface area contributed by atoms with E-state index >= 15 is 0 Å². The summed E-state index contributed by atoms with van der Waals surface area (Å²) in [7, 11) is 0. The van der Waals surface area contributed by atoms with E-state index in [-0.39, 0.29) is 11.3 Å². The predicted molar refractivity (Wildman–Crippen MR) is 72.1 cm³/mol. The predicted octanol–water partition coefficient (Wildman–Crippen LogP) is 3.15. The number of halogens is 3. The molecule has 0 aromatic heterocycles. The molecule has 1 aromatic rings. The van der Waals surface area contributed by atoms with Crippen molar-refractivity contribution in [3.63, 3.8) is 0 Å². The van der Waals surface area contributed by atoms with Crippen molar-refractivity contribution in [2.24, 2.45) is 5.73 Å². The van der Waals surface area contributed by atoms with Crippen LogP contribution in [0.3, 0.4) is 0 Å². The Bertz CT molecular complexity index is 528. The van der Waals surface area contributed by atoms with Crippen molar-refractivity contribution < 1.29 is 18.1 Å². The maximum atomic E-state index is 12.6. The number of piperidine rings is 1. The lowest BCUT2D eigenvalue weighted by atomic mass is 10.0. The van der Waals surface area contributed by atoms with E-state index in [1.807, 2.05) is 4.90 Å². The normalized spacial score (nSPS) is 17.6. The van der Waals surface area contributed by atoms with Crippen LogP contribution < -0.4 is 10.6 Å². The van der Waals surface area contributed by atoms with Gasteiger partial charge in [0, 0.05) is 19.2 Å². The van der Waals surface area contributed by atoms with Crippen LogP contribution in [0.1, 0.15) is 30.9 Å². The Kier molecular flexibility index (Phi) is 4.36. The Morgan fingerprint density at radius 1 is 1.24 bits per heavy atom. The second-order valence-electron chi connectivity index (χ2n) is 5.07. The molecule has 2 rings (SSSR count). The summed E-state index contributed by atoms with van der Waals surface area (Å²) in [5.41, 5.74) is 4.85. The molecule has 0 saturated carbocycles. The van der Waals surface area contributed by atoms with Crippen LogP contribution in [0.5, 0.6) is 0 Å². The van der Waals surface area contributed by atoms with E-state index in [9.17, 15) is 23.3 Å². The van der Waals surface area contributed by atoms with E-state index in [1.165, 1.54) is 12.1 Å². The zero-order valence-corrected chi connectivity index (χ0v) is 11.3. The van der Waals surface area contributed by atoms with Gasteiger partial charge in [-0.05, 0) is 30.9 Å². The number of hydrogen-bond donors (Lipinski definition) is 1. The minimum absolute atomic E-state index is 0.296. The number of anilines is 1. The molecule has 1 aliphatic heterocycles. The first-order valence-corrected chi connectivity index (χ1v) is 6.66. The second kappa shape index (κ2) is 5.88. The number of nitro groups is 1. The third-order valence-electron chi connectivity index (χ3n) is 3.60. The Hall–Kier alpha value is -1.83. The van der Waals surface area contributed by atoms with E-state index in [1.54, 1.807) is 0 Å². The highest BCUT2D eigenvalue weighted by atomic mass is 19.4. The number of nitro benzene ring substituents is 1. The van der Waals surface area contributed by atoms with E-state index in [4.69, 9.17) is 5.73 Å². The quantitative estimate of drug-likeness (QED) is 0.687. The summed E-state index contributed by atoms with van der Waals surface area (Å²) in [4.78, 5) is 12.3. The molecule has 1 atom stereocenters. The molecule has 116 valence electrons. The molecular weight excluding hydrogens is 287 g/mol. The lowest BCUT2D eigenvalue weighted by molar-refractivity contribution is -0.384. The first kappa shape index (κ1) is 15.6. The van der Waals surface area contributed by atoms with E-state index in [0.29, 0.717) is 18.8 Å². The third kappa shape index (κ3) is 3.44. The molecule has 1 aliphatic rings. The summed E-state index contributed by atoms with van der Waals surface area (Å²) in [6.07, 6.45) is -1.73. The molecule has 0 spiro atoms. The molecule has 1 aromatic carbocycles. The highest BCUT2D eigenvalue weighted by Crippen LogP contribution is 2.36. The fourth-order valence-corrected chi connectivity index (χ4v) is 2.47. The average molecular weight is 303 g/mol. The number of alkyl halides is 3. The van der Waals surface area contributed by atoms with Gasteiger partial charge >= 0.3 is 6.18 Å². The zero-order chi connectivity index (χ0) is 15.6. The highest BCUT2D eigenvalue weighted by molar-refractivity contribution is 5.64. The molecular formula is C13H16F3N3O2. The van der Waals surface area contributed by atoms with E-state index in [0.717, 1.165) is 25.3 Å². The molecule has 1 fully saturated rings. The van der Waals surface area contributed by atoms with Crippen LogP contribution in [0.15, 0.2) is 18.2 Å². The van der Waals surface area contributed by atoms with Gasteiger partial charge in [-0.1, -0.05) is 6.07 Å². The van der Waals surface area contributed by atoms with Gasteiger partial charge in [0.25, 0.3) is 5.69 Å². The van der Waals surface area contributed by atoms with Crippen LogP contribution in [-0.4, -0.2) is 24.2 Å². The molecule has 0 unspecified atom stereocenters. The number of nitrogens with zero attached hydrogens (tertiary/aromatic N) is 2.